The molecule has 118 valence electrons. The van der Waals surface area contributed by atoms with Crippen molar-refractivity contribution >= 4 is 24.2 Å². The molecule has 1 aromatic rings. The maximum Gasteiger partial charge on any atom is 0.251 e. The smallest absolute Gasteiger partial charge is 0.251 e. The quantitative estimate of drug-likeness (QED) is 0.708. The predicted molar refractivity (Wildman–Crippen MR) is 86.7 cm³/mol. The first kappa shape index (κ1) is 19.4. The maximum absolute atomic E-state index is 11.5. The highest BCUT2D eigenvalue weighted by Crippen LogP contribution is 2.05. The molecule has 4 N–H and O–H groups in total. The first-order valence-electron chi connectivity index (χ1n) is 6.86. The van der Waals surface area contributed by atoms with Crippen molar-refractivity contribution in [2.45, 2.75) is 32.2 Å². The molecule has 2 amide bonds. The van der Waals surface area contributed by atoms with Gasteiger partial charge < -0.3 is 16.4 Å². The van der Waals surface area contributed by atoms with Crippen LogP contribution in [0, 0.1) is 0 Å². The van der Waals surface area contributed by atoms with Crippen molar-refractivity contribution in [3.8, 4) is 0 Å². The van der Waals surface area contributed by atoms with Crippen LogP contribution in [0.3, 0.4) is 0 Å². The fraction of sp³-hybridized carbons (Fsp3) is 0.467. The molecule has 6 heteroatoms. The molecule has 0 spiro atoms. The SMILES string of the molecule is CNC(=O)c1cccc(CCNC(=O)CCC(C)N)c1.Cl. The molecule has 1 atom stereocenters. The largest absolute Gasteiger partial charge is 0.356 e. The Morgan fingerprint density at radius 1 is 1.33 bits per heavy atom. The summed E-state index contributed by atoms with van der Waals surface area (Å²) in [5.74, 6) is -0.0856. The summed E-state index contributed by atoms with van der Waals surface area (Å²) in [5, 5.41) is 5.44. The Kier molecular flexibility index (Phi) is 9.41. The average molecular weight is 314 g/mol. The summed E-state index contributed by atoms with van der Waals surface area (Å²) in [4.78, 5) is 23.0. The molecule has 0 saturated carbocycles. The average Bonchev–Trinajstić information content (AvgIpc) is 2.44. The molecule has 0 aromatic heterocycles. The highest BCUT2D eigenvalue weighted by atomic mass is 35.5. The van der Waals surface area contributed by atoms with Gasteiger partial charge in [0.1, 0.15) is 0 Å². The predicted octanol–water partition coefficient (Wildman–Crippen LogP) is 1.25. The van der Waals surface area contributed by atoms with E-state index in [2.05, 4.69) is 10.6 Å². The van der Waals surface area contributed by atoms with Crippen LogP contribution in [0.25, 0.3) is 0 Å². The van der Waals surface area contributed by atoms with Crippen LogP contribution in [0.1, 0.15) is 35.7 Å². The fourth-order valence-electron chi connectivity index (χ4n) is 1.81. The molecule has 1 rings (SSSR count). The summed E-state index contributed by atoms with van der Waals surface area (Å²) in [5.41, 5.74) is 7.26. The third-order valence-electron chi connectivity index (χ3n) is 2.98. The van der Waals surface area contributed by atoms with Crippen LogP contribution in [0.15, 0.2) is 24.3 Å². The molecule has 0 fully saturated rings. The van der Waals surface area contributed by atoms with Gasteiger partial charge in [-0.25, -0.2) is 0 Å². The van der Waals surface area contributed by atoms with E-state index in [0.29, 0.717) is 31.4 Å². The third-order valence-corrected chi connectivity index (χ3v) is 2.98. The molecule has 1 aromatic carbocycles. The van der Waals surface area contributed by atoms with E-state index in [0.717, 1.165) is 5.56 Å². The fourth-order valence-corrected chi connectivity index (χ4v) is 1.81. The van der Waals surface area contributed by atoms with Crippen molar-refractivity contribution in [1.82, 2.24) is 10.6 Å². The Morgan fingerprint density at radius 2 is 2.05 bits per heavy atom. The molecule has 0 bridgehead atoms. The van der Waals surface area contributed by atoms with Gasteiger partial charge in [-0.2, -0.15) is 0 Å². The Morgan fingerprint density at radius 3 is 2.67 bits per heavy atom. The highest BCUT2D eigenvalue weighted by molar-refractivity contribution is 5.94. The van der Waals surface area contributed by atoms with Gasteiger partial charge in [-0.05, 0) is 37.5 Å². The first-order chi connectivity index (χ1) is 9.52. The summed E-state index contributed by atoms with van der Waals surface area (Å²) in [6.07, 6.45) is 1.85. The minimum Gasteiger partial charge on any atom is -0.356 e. The molecule has 0 aliphatic rings. The molecule has 0 saturated heterocycles. The van der Waals surface area contributed by atoms with E-state index in [-0.39, 0.29) is 30.3 Å². The first-order valence-corrected chi connectivity index (χ1v) is 6.86. The minimum atomic E-state index is -0.104. The lowest BCUT2D eigenvalue weighted by molar-refractivity contribution is -0.121. The van der Waals surface area contributed by atoms with Gasteiger partial charge in [0.25, 0.3) is 5.91 Å². The van der Waals surface area contributed by atoms with Crippen LogP contribution in [0.2, 0.25) is 0 Å². The van der Waals surface area contributed by atoms with Crippen LogP contribution < -0.4 is 16.4 Å². The Bertz CT molecular complexity index is 464. The topological polar surface area (TPSA) is 84.2 Å². The number of carbonyl (C=O) groups excluding carboxylic acids is 2. The zero-order valence-electron chi connectivity index (χ0n) is 12.5. The molecule has 0 radical (unpaired) electrons. The Labute approximate surface area is 132 Å². The van der Waals surface area contributed by atoms with Crippen molar-refractivity contribution in [3.63, 3.8) is 0 Å². The lowest BCUT2D eigenvalue weighted by atomic mass is 10.1. The molecule has 0 aliphatic carbocycles. The van der Waals surface area contributed by atoms with Crippen LogP contribution in [-0.2, 0) is 11.2 Å². The molecular formula is C15H24ClN3O2. The van der Waals surface area contributed by atoms with Gasteiger partial charge in [0.05, 0.1) is 0 Å². The van der Waals surface area contributed by atoms with Crippen LogP contribution in [0.5, 0.6) is 0 Å². The second kappa shape index (κ2) is 10.2. The number of amides is 2. The Hall–Kier alpha value is -1.59. The van der Waals surface area contributed by atoms with Gasteiger partial charge >= 0.3 is 0 Å². The van der Waals surface area contributed by atoms with Crippen molar-refractivity contribution in [3.05, 3.63) is 35.4 Å². The van der Waals surface area contributed by atoms with Crippen molar-refractivity contribution in [1.29, 1.82) is 0 Å². The second-order valence-electron chi connectivity index (χ2n) is 4.90. The van der Waals surface area contributed by atoms with Crippen LogP contribution in [0.4, 0.5) is 0 Å². The zero-order valence-corrected chi connectivity index (χ0v) is 13.3. The van der Waals surface area contributed by atoms with E-state index in [9.17, 15) is 9.59 Å². The normalized spacial score (nSPS) is 11.2. The van der Waals surface area contributed by atoms with Gasteiger partial charge in [0.2, 0.25) is 5.91 Å². The van der Waals surface area contributed by atoms with Crippen molar-refractivity contribution in [2.24, 2.45) is 5.73 Å². The lowest BCUT2D eigenvalue weighted by Crippen LogP contribution is -2.27. The molecular weight excluding hydrogens is 290 g/mol. The summed E-state index contributed by atoms with van der Waals surface area (Å²) in [7, 11) is 1.60. The molecule has 5 nitrogen and oxygen atoms in total. The van der Waals surface area contributed by atoms with E-state index >= 15 is 0 Å². The van der Waals surface area contributed by atoms with E-state index < -0.39 is 0 Å². The summed E-state index contributed by atoms with van der Waals surface area (Å²) >= 11 is 0. The number of hydrogen-bond acceptors (Lipinski definition) is 3. The number of rotatable bonds is 7. The Balaban J connectivity index is 0.00000400. The van der Waals surface area contributed by atoms with Gasteiger partial charge in [-0.3, -0.25) is 9.59 Å². The number of benzene rings is 1. The van der Waals surface area contributed by atoms with Crippen LogP contribution >= 0.6 is 12.4 Å². The number of nitrogens with two attached hydrogens (primary N) is 1. The van der Waals surface area contributed by atoms with E-state index in [1.165, 1.54) is 0 Å². The molecule has 1 unspecified atom stereocenters. The number of carbonyl (C=O) groups is 2. The summed E-state index contributed by atoms with van der Waals surface area (Å²) in [6, 6.07) is 7.44. The molecule has 0 heterocycles. The van der Waals surface area contributed by atoms with Crippen molar-refractivity contribution < 1.29 is 9.59 Å². The lowest BCUT2D eigenvalue weighted by Gasteiger charge is -2.08. The zero-order chi connectivity index (χ0) is 15.0. The van der Waals surface area contributed by atoms with Gasteiger partial charge in [0.15, 0.2) is 0 Å². The second-order valence-corrected chi connectivity index (χ2v) is 4.90. The number of nitrogens with one attached hydrogen (secondary N) is 2. The van der Waals surface area contributed by atoms with Gasteiger partial charge in [-0.1, -0.05) is 12.1 Å². The number of hydrogen-bond donors (Lipinski definition) is 3. The van der Waals surface area contributed by atoms with Crippen molar-refractivity contribution in [2.75, 3.05) is 13.6 Å². The summed E-state index contributed by atoms with van der Waals surface area (Å²) < 4.78 is 0. The van der Waals surface area contributed by atoms with E-state index in [1.807, 2.05) is 25.1 Å². The standard InChI is InChI=1S/C15H23N3O2.ClH/c1-11(16)6-7-14(19)18-9-8-12-4-3-5-13(10-12)15(20)17-2;/h3-5,10-11H,6-9,16H2,1-2H3,(H,17,20)(H,18,19);1H. The van der Waals surface area contributed by atoms with E-state index in [4.69, 9.17) is 5.73 Å². The highest BCUT2D eigenvalue weighted by Gasteiger charge is 2.05. The van der Waals surface area contributed by atoms with Gasteiger partial charge in [-0.15, -0.1) is 12.4 Å². The third kappa shape index (κ3) is 7.68. The van der Waals surface area contributed by atoms with Gasteiger partial charge in [0, 0.05) is 31.6 Å². The molecule has 0 aliphatic heterocycles. The number of halogens is 1. The monoisotopic (exact) mass is 313 g/mol. The summed E-state index contributed by atoms with van der Waals surface area (Å²) in [6.45, 7) is 2.45. The molecule has 21 heavy (non-hydrogen) atoms. The van der Waals surface area contributed by atoms with Crippen LogP contribution in [-0.4, -0.2) is 31.4 Å². The maximum atomic E-state index is 11.5. The minimum absolute atomic E-state index is 0. The van der Waals surface area contributed by atoms with E-state index in [1.54, 1.807) is 13.1 Å².